The van der Waals surface area contributed by atoms with E-state index >= 15 is 0 Å². The number of hydrogen-bond acceptors (Lipinski definition) is 4. The highest BCUT2D eigenvalue weighted by Gasteiger charge is 2.18. The molecule has 98 valence electrons. The summed E-state index contributed by atoms with van der Waals surface area (Å²) in [6.07, 6.45) is 1.66. The number of amidine groups is 1. The van der Waals surface area contributed by atoms with Gasteiger partial charge in [0, 0.05) is 11.6 Å². The van der Waals surface area contributed by atoms with E-state index in [0.29, 0.717) is 11.2 Å². The van der Waals surface area contributed by atoms with E-state index in [1.54, 1.807) is 19.2 Å². The van der Waals surface area contributed by atoms with Crippen molar-refractivity contribution >= 4 is 28.3 Å². The van der Waals surface area contributed by atoms with Crippen LogP contribution in [0.4, 0.5) is 5.69 Å². The van der Waals surface area contributed by atoms with Gasteiger partial charge in [0.1, 0.15) is 0 Å². The monoisotopic (exact) mass is 258 g/mol. The Morgan fingerprint density at radius 2 is 2.16 bits per heavy atom. The molecule has 19 heavy (non-hydrogen) atoms. The minimum absolute atomic E-state index is 0.134. The fourth-order valence-electron chi connectivity index (χ4n) is 1.67. The molecular formula is C13H14N4O2. The summed E-state index contributed by atoms with van der Waals surface area (Å²) in [5, 5.41) is 15.0. The molecule has 0 aliphatic carbocycles. The number of nitrogens with two attached hydrogens (primary N) is 1. The van der Waals surface area contributed by atoms with Crippen molar-refractivity contribution in [2.45, 2.75) is 6.92 Å². The average molecular weight is 258 g/mol. The van der Waals surface area contributed by atoms with E-state index in [4.69, 9.17) is 10.9 Å². The molecule has 1 unspecified atom stereocenters. The van der Waals surface area contributed by atoms with Crippen LogP contribution in [0.15, 0.2) is 41.7 Å². The topological polar surface area (TPSA) is 101 Å². The Morgan fingerprint density at radius 1 is 1.42 bits per heavy atom. The molecule has 1 heterocycles. The standard InChI is InChI=1S/C13H14N4O2/c1-8(12(14)17-19)13(18)16-10-6-2-4-9-5-3-7-15-11(9)10/h2-8,19H,1H3,(H2,14,17)(H,16,18). The van der Waals surface area contributed by atoms with E-state index in [9.17, 15) is 4.79 Å². The first kappa shape index (κ1) is 12.8. The van der Waals surface area contributed by atoms with Crippen LogP contribution in [0.2, 0.25) is 0 Å². The molecule has 0 saturated carbocycles. The molecule has 1 amide bonds. The fraction of sp³-hybridized carbons (Fsp3) is 0.154. The summed E-state index contributed by atoms with van der Waals surface area (Å²) >= 11 is 0. The second-order valence-electron chi connectivity index (χ2n) is 4.12. The van der Waals surface area contributed by atoms with Crippen LogP contribution in [0.25, 0.3) is 10.9 Å². The Balaban J connectivity index is 2.29. The number of hydrogen-bond donors (Lipinski definition) is 3. The van der Waals surface area contributed by atoms with E-state index < -0.39 is 5.92 Å². The molecule has 6 nitrogen and oxygen atoms in total. The molecular weight excluding hydrogens is 244 g/mol. The van der Waals surface area contributed by atoms with Gasteiger partial charge in [0.25, 0.3) is 0 Å². The number of nitrogens with zero attached hydrogens (tertiary/aromatic N) is 2. The van der Waals surface area contributed by atoms with Crippen molar-refractivity contribution in [1.29, 1.82) is 0 Å². The van der Waals surface area contributed by atoms with Gasteiger partial charge in [0.2, 0.25) is 5.91 Å². The summed E-state index contributed by atoms with van der Waals surface area (Å²) in [7, 11) is 0. The van der Waals surface area contributed by atoms with Crippen LogP contribution < -0.4 is 11.1 Å². The van der Waals surface area contributed by atoms with Crippen LogP contribution in [0, 0.1) is 5.92 Å². The molecule has 0 bridgehead atoms. The van der Waals surface area contributed by atoms with Crippen molar-refractivity contribution in [3.05, 3.63) is 36.5 Å². The lowest BCUT2D eigenvalue weighted by Gasteiger charge is -2.12. The number of para-hydroxylation sites is 1. The average Bonchev–Trinajstić information content (AvgIpc) is 2.46. The summed E-state index contributed by atoms with van der Waals surface area (Å²) in [6.45, 7) is 1.56. The molecule has 6 heteroatoms. The molecule has 2 aromatic rings. The number of nitrogens with one attached hydrogen (secondary N) is 1. The van der Waals surface area contributed by atoms with Crippen molar-refractivity contribution in [3.8, 4) is 0 Å². The number of carbonyl (C=O) groups is 1. The first-order chi connectivity index (χ1) is 9.13. The third-order valence-electron chi connectivity index (χ3n) is 2.84. The lowest BCUT2D eigenvalue weighted by molar-refractivity contribution is -0.117. The third-order valence-corrected chi connectivity index (χ3v) is 2.84. The third kappa shape index (κ3) is 2.62. The largest absolute Gasteiger partial charge is 0.409 e. The molecule has 1 aromatic heterocycles. The van der Waals surface area contributed by atoms with Gasteiger partial charge < -0.3 is 16.3 Å². The van der Waals surface area contributed by atoms with Gasteiger partial charge in [0.05, 0.1) is 17.1 Å². The second-order valence-corrected chi connectivity index (χ2v) is 4.12. The van der Waals surface area contributed by atoms with Crippen LogP contribution in [-0.4, -0.2) is 21.9 Å². The van der Waals surface area contributed by atoms with Crippen LogP contribution in [0.3, 0.4) is 0 Å². The highest BCUT2D eigenvalue weighted by molar-refractivity contribution is 6.09. The Labute approximate surface area is 109 Å². The lowest BCUT2D eigenvalue weighted by Crippen LogP contribution is -2.32. The van der Waals surface area contributed by atoms with Gasteiger partial charge in [-0.15, -0.1) is 0 Å². The van der Waals surface area contributed by atoms with Gasteiger partial charge in [-0.2, -0.15) is 0 Å². The molecule has 0 spiro atoms. The van der Waals surface area contributed by atoms with E-state index in [0.717, 1.165) is 5.39 Å². The summed E-state index contributed by atoms with van der Waals surface area (Å²) < 4.78 is 0. The Hall–Kier alpha value is -2.63. The van der Waals surface area contributed by atoms with Crippen molar-refractivity contribution in [1.82, 2.24) is 4.98 Å². The van der Waals surface area contributed by atoms with Crippen LogP contribution in [0.5, 0.6) is 0 Å². The van der Waals surface area contributed by atoms with Gasteiger partial charge in [-0.1, -0.05) is 23.4 Å². The number of anilines is 1. The molecule has 0 radical (unpaired) electrons. The molecule has 0 aliphatic heterocycles. The van der Waals surface area contributed by atoms with Gasteiger partial charge in [-0.3, -0.25) is 9.78 Å². The van der Waals surface area contributed by atoms with Gasteiger partial charge >= 0.3 is 0 Å². The number of fused-ring (bicyclic) bond motifs is 1. The van der Waals surface area contributed by atoms with Crippen molar-refractivity contribution in [2.24, 2.45) is 16.8 Å². The van der Waals surface area contributed by atoms with Crippen molar-refractivity contribution in [2.75, 3.05) is 5.32 Å². The van der Waals surface area contributed by atoms with Crippen LogP contribution >= 0.6 is 0 Å². The van der Waals surface area contributed by atoms with E-state index in [1.165, 1.54) is 0 Å². The predicted octanol–water partition coefficient (Wildman–Crippen LogP) is 1.56. The summed E-state index contributed by atoms with van der Waals surface area (Å²) in [4.78, 5) is 16.2. The molecule has 1 aromatic carbocycles. The maximum absolute atomic E-state index is 11.9. The Morgan fingerprint density at radius 3 is 2.89 bits per heavy atom. The van der Waals surface area contributed by atoms with Crippen molar-refractivity contribution < 1.29 is 10.0 Å². The molecule has 0 fully saturated rings. The fourth-order valence-corrected chi connectivity index (χ4v) is 1.67. The zero-order valence-electron chi connectivity index (χ0n) is 10.4. The number of rotatable bonds is 3. The van der Waals surface area contributed by atoms with E-state index in [1.807, 2.05) is 24.3 Å². The first-order valence-corrected chi connectivity index (χ1v) is 5.75. The summed E-state index contributed by atoms with van der Waals surface area (Å²) in [6, 6.07) is 9.23. The Kier molecular flexibility index (Phi) is 3.61. The van der Waals surface area contributed by atoms with Crippen LogP contribution in [-0.2, 0) is 4.79 Å². The maximum Gasteiger partial charge on any atom is 0.234 e. The van der Waals surface area contributed by atoms with Gasteiger partial charge in [0.15, 0.2) is 5.84 Å². The predicted molar refractivity (Wildman–Crippen MR) is 72.9 cm³/mol. The highest BCUT2D eigenvalue weighted by Crippen LogP contribution is 2.21. The molecule has 0 saturated heterocycles. The maximum atomic E-state index is 11.9. The number of aromatic nitrogens is 1. The number of pyridine rings is 1. The number of benzene rings is 1. The molecule has 4 N–H and O–H groups in total. The zero-order valence-corrected chi connectivity index (χ0v) is 10.4. The van der Waals surface area contributed by atoms with E-state index in [2.05, 4.69) is 15.5 Å². The summed E-state index contributed by atoms with van der Waals surface area (Å²) in [5.41, 5.74) is 6.70. The smallest absolute Gasteiger partial charge is 0.234 e. The highest BCUT2D eigenvalue weighted by atomic mass is 16.4. The quantitative estimate of drug-likeness (QED) is 0.336. The number of amides is 1. The van der Waals surface area contributed by atoms with E-state index in [-0.39, 0.29) is 11.7 Å². The SMILES string of the molecule is CC(C(=O)Nc1cccc2cccnc12)C(N)=NO. The minimum Gasteiger partial charge on any atom is -0.409 e. The lowest BCUT2D eigenvalue weighted by atomic mass is 10.1. The Bertz CT molecular complexity index is 634. The minimum atomic E-state index is -0.719. The number of oxime groups is 1. The second kappa shape index (κ2) is 5.34. The molecule has 2 rings (SSSR count). The zero-order chi connectivity index (χ0) is 13.8. The van der Waals surface area contributed by atoms with Gasteiger partial charge in [-0.25, -0.2) is 0 Å². The van der Waals surface area contributed by atoms with Crippen molar-refractivity contribution in [3.63, 3.8) is 0 Å². The van der Waals surface area contributed by atoms with Gasteiger partial charge in [-0.05, 0) is 19.1 Å². The number of carbonyl (C=O) groups excluding carboxylic acids is 1. The first-order valence-electron chi connectivity index (χ1n) is 5.75. The normalized spacial score (nSPS) is 13.2. The summed E-state index contributed by atoms with van der Waals surface area (Å²) in [5.74, 6) is -1.21. The molecule has 1 atom stereocenters. The van der Waals surface area contributed by atoms with Crippen LogP contribution in [0.1, 0.15) is 6.92 Å². The molecule has 0 aliphatic rings.